The molecule has 0 unspecified atom stereocenters. The minimum absolute atomic E-state index is 0.300. The number of methoxy groups -OCH3 is 1. The van der Waals surface area contributed by atoms with E-state index in [4.69, 9.17) is 9.47 Å². The van der Waals surface area contributed by atoms with E-state index < -0.39 is 6.10 Å². The van der Waals surface area contributed by atoms with Crippen molar-refractivity contribution in [3.05, 3.63) is 52.2 Å². The van der Waals surface area contributed by atoms with Crippen LogP contribution in [-0.4, -0.2) is 49.5 Å². The number of ether oxygens (including phenoxy) is 2. The molecule has 0 aliphatic heterocycles. The number of nitrogens with zero attached hydrogens (tertiary/aromatic N) is 1. The second kappa shape index (κ2) is 10.5. The quantitative estimate of drug-likeness (QED) is 0.632. The molecule has 0 aliphatic carbocycles. The van der Waals surface area contributed by atoms with E-state index in [1.54, 1.807) is 18.4 Å². The van der Waals surface area contributed by atoms with Crippen molar-refractivity contribution in [1.82, 2.24) is 4.90 Å². The maximum Gasteiger partial charge on any atom is 0.119 e. The highest BCUT2D eigenvalue weighted by atomic mass is 32.1. The van der Waals surface area contributed by atoms with Gasteiger partial charge in [-0.1, -0.05) is 18.2 Å². The number of rotatable bonds is 11. The second-order valence-corrected chi connectivity index (χ2v) is 7.24. The third-order valence-corrected chi connectivity index (χ3v) is 4.64. The Bertz CT molecular complexity index is 573. The van der Waals surface area contributed by atoms with Gasteiger partial charge in [0.15, 0.2) is 0 Å². The first-order valence-corrected chi connectivity index (χ1v) is 9.11. The van der Waals surface area contributed by atoms with Gasteiger partial charge in [-0.2, -0.15) is 0 Å². The molecule has 2 aromatic rings. The van der Waals surface area contributed by atoms with Crippen LogP contribution < -0.4 is 4.74 Å². The fraction of sp³-hybridized carbons (Fsp3) is 0.474. The van der Waals surface area contributed by atoms with Crippen molar-refractivity contribution < 1.29 is 14.6 Å². The number of benzene rings is 1. The number of para-hydroxylation sites is 1. The fourth-order valence-corrected chi connectivity index (χ4v) is 3.45. The van der Waals surface area contributed by atoms with Gasteiger partial charge in [0.1, 0.15) is 18.5 Å². The van der Waals surface area contributed by atoms with Crippen LogP contribution in [0.25, 0.3) is 0 Å². The third kappa shape index (κ3) is 7.01. The van der Waals surface area contributed by atoms with E-state index >= 15 is 0 Å². The zero-order valence-electron chi connectivity index (χ0n) is 14.5. The summed E-state index contributed by atoms with van der Waals surface area (Å²) in [6.45, 7) is 5.49. The van der Waals surface area contributed by atoms with E-state index in [9.17, 15) is 5.11 Å². The predicted molar refractivity (Wildman–Crippen MR) is 98.8 cm³/mol. The van der Waals surface area contributed by atoms with Crippen LogP contribution in [0.2, 0.25) is 0 Å². The Morgan fingerprint density at radius 1 is 1.17 bits per heavy atom. The van der Waals surface area contributed by atoms with Crippen LogP contribution in [-0.2, 0) is 11.3 Å². The smallest absolute Gasteiger partial charge is 0.119 e. The third-order valence-electron chi connectivity index (χ3n) is 3.65. The minimum atomic E-state index is -0.520. The Kier molecular flexibility index (Phi) is 8.25. The highest BCUT2D eigenvalue weighted by Crippen LogP contribution is 2.17. The highest BCUT2D eigenvalue weighted by Gasteiger charge is 2.14. The average Bonchev–Trinajstić information content (AvgIpc) is 2.99. The summed E-state index contributed by atoms with van der Waals surface area (Å²) < 4.78 is 10.8. The van der Waals surface area contributed by atoms with Crippen molar-refractivity contribution in [3.63, 3.8) is 0 Å². The number of aliphatic hydroxyl groups is 1. The van der Waals surface area contributed by atoms with Gasteiger partial charge in [0.05, 0.1) is 0 Å². The molecule has 5 heteroatoms. The molecule has 1 N–H and O–H groups in total. The van der Waals surface area contributed by atoms with Crippen LogP contribution in [0, 0.1) is 6.92 Å². The number of aryl methyl sites for hydroxylation is 1. The zero-order chi connectivity index (χ0) is 17.2. The van der Waals surface area contributed by atoms with Crippen molar-refractivity contribution in [2.24, 2.45) is 0 Å². The summed E-state index contributed by atoms with van der Waals surface area (Å²) in [6, 6.07) is 13.9. The van der Waals surface area contributed by atoms with Gasteiger partial charge in [-0.05, 0) is 37.6 Å². The molecule has 0 bridgehead atoms. The SMILES string of the molecule is COCCCN(Cc1ccc(C)s1)C[C@@H](O)COc1ccccc1. The first-order valence-electron chi connectivity index (χ1n) is 8.30. The van der Waals surface area contributed by atoms with Gasteiger partial charge >= 0.3 is 0 Å². The zero-order valence-corrected chi connectivity index (χ0v) is 15.3. The summed E-state index contributed by atoms with van der Waals surface area (Å²) in [5.41, 5.74) is 0. The van der Waals surface area contributed by atoms with Crippen LogP contribution in [0.4, 0.5) is 0 Å². The van der Waals surface area contributed by atoms with Gasteiger partial charge in [0.2, 0.25) is 0 Å². The molecule has 0 spiro atoms. The molecule has 2 rings (SSSR count). The number of hydrogen-bond donors (Lipinski definition) is 1. The Hall–Kier alpha value is -1.40. The first-order chi connectivity index (χ1) is 11.7. The summed E-state index contributed by atoms with van der Waals surface area (Å²) in [7, 11) is 1.72. The van der Waals surface area contributed by atoms with Crippen LogP contribution in [0.1, 0.15) is 16.2 Å². The molecular formula is C19H27NO3S. The van der Waals surface area contributed by atoms with Crippen LogP contribution >= 0.6 is 11.3 Å². The summed E-state index contributed by atoms with van der Waals surface area (Å²) in [4.78, 5) is 4.90. The van der Waals surface area contributed by atoms with Crippen molar-refractivity contribution in [2.45, 2.75) is 26.0 Å². The van der Waals surface area contributed by atoms with E-state index in [0.717, 1.165) is 31.9 Å². The minimum Gasteiger partial charge on any atom is -0.491 e. The van der Waals surface area contributed by atoms with Gasteiger partial charge < -0.3 is 14.6 Å². The second-order valence-electron chi connectivity index (χ2n) is 5.87. The molecule has 0 amide bonds. The Balaban J connectivity index is 1.83. The molecule has 0 saturated carbocycles. The summed E-state index contributed by atoms with van der Waals surface area (Å²) >= 11 is 1.81. The molecule has 0 saturated heterocycles. The summed E-state index contributed by atoms with van der Waals surface area (Å²) in [6.07, 6.45) is 0.432. The lowest BCUT2D eigenvalue weighted by molar-refractivity contribution is 0.0621. The molecule has 0 aliphatic rings. The molecule has 132 valence electrons. The van der Waals surface area contributed by atoms with E-state index in [1.807, 2.05) is 30.3 Å². The normalized spacial score (nSPS) is 12.5. The summed E-state index contributed by atoms with van der Waals surface area (Å²) in [5.74, 6) is 0.788. The van der Waals surface area contributed by atoms with Crippen LogP contribution in [0.5, 0.6) is 5.75 Å². The monoisotopic (exact) mass is 349 g/mol. The van der Waals surface area contributed by atoms with Gasteiger partial charge in [0, 0.05) is 43.1 Å². The lowest BCUT2D eigenvalue weighted by Gasteiger charge is -2.24. The maximum atomic E-state index is 10.3. The molecule has 1 heterocycles. The Labute approximate surface area is 148 Å². The molecule has 1 atom stereocenters. The Morgan fingerprint density at radius 3 is 2.62 bits per heavy atom. The fourth-order valence-electron chi connectivity index (χ4n) is 2.52. The van der Waals surface area contributed by atoms with Crippen molar-refractivity contribution in [2.75, 3.05) is 33.4 Å². The van der Waals surface area contributed by atoms with E-state index in [-0.39, 0.29) is 0 Å². The van der Waals surface area contributed by atoms with Gasteiger partial charge in [-0.25, -0.2) is 0 Å². The van der Waals surface area contributed by atoms with E-state index in [1.165, 1.54) is 9.75 Å². The molecule has 4 nitrogen and oxygen atoms in total. The van der Waals surface area contributed by atoms with Gasteiger partial charge in [-0.15, -0.1) is 11.3 Å². The topological polar surface area (TPSA) is 41.9 Å². The van der Waals surface area contributed by atoms with Gasteiger partial charge in [-0.3, -0.25) is 4.90 Å². The molecule has 24 heavy (non-hydrogen) atoms. The molecule has 1 aromatic carbocycles. The van der Waals surface area contributed by atoms with Crippen molar-refractivity contribution in [1.29, 1.82) is 0 Å². The highest BCUT2D eigenvalue weighted by molar-refractivity contribution is 7.11. The maximum absolute atomic E-state index is 10.3. The predicted octanol–water partition coefficient (Wildman–Crippen LogP) is 3.33. The number of thiophene rings is 1. The molecule has 0 radical (unpaired) electrons. The lowest BCUT2D eigenvalue weighted by atomic mass is 10.3. The van der Waals surface area contributed by atoms with Gasteiger partial charge in [0.25, 0.3) is 0 Å². The van der Waals surface area contributed by atoms with Crippen molar-refractivity contribution >= 4 is 11.3 Å². The summed E-state index contributed by atoms with van der Waals surface area (Å²) in [5, 5.41) is 10.3. The van der Waals surface area contributed by atoms with E-state index in [0.29, 0.717) is 13.2 Å². The largest absolute Gasteiger partial charge is 0.491 e. The number of hydrogen-bond acceptors (Lipinski definition) is 5. The lowest BCUT2D eigenvalue weighted by Crippen LogP contribution is -2.36. The van der Waals surface area contributed by atoms with Crippen molar-refractivity contribution in [3.8, 4) is 5.75 Å². The average molecular weight is 349 g/mol. The Morgan fingerprint density at radius 2 is 1.96 bits per heavy atom. The molecular weight excluding hydrogens is 322 g/mol. The van der Waals surface area contributed by atoms with Crippen LogP contribution in [0.15, 0.2) is 42.5 Å². The van der Waals surface area contributed by atoms with Crippen LogP contribution in [0.3, 0.4) is 0 Å². The number of aliphatic hydroxyl groups excluding tert-OH is 1. The van der Waals surface area contributed by atoms with E-state index in [2.05, 4.69) is 24.0 Å². The molecule has 0 fully saturated rings. The standard InChI is InChI=1S/C19H27NO3S/c1-16-9-10-19(24-16)14-20(11-6-12-22-2)13-17(21)15-23-18-7-4-3-5-8-18/h3-5,7-10,17,21H,6,11-15H2,1-2H3/t17-/m1/s1. The molecule has 1 aromatic heterocycles. The first kappa shape index (κ1) is 18.9.